The number of hydrazone groups is 1. The van der Waals surface area contributed by atoms with E-state index < -0.39 is 34.9 Å². The van der Waals surface area contributed by atoms with E-state index in [1.807, 2.05) is 13.8 Å². The lowest BCUT2D eigenvalue weighted by molar-refractivity contribution is -0.117. The van der Waals surface area contributed by atoms with Crippen molar-refractivity contribution < 1.29 is 18.0 Å². The zero-order valence-electron chi connectivity index (χ0n) is 18.5. The molecule has 2 aromatic carbocycles. The van der Waals surface area contributed by atoms with Gasteiger partial charge in [0.1, 0.15) is 17.5 Å². The van der Waals surface area contributed by atoms with Gasteiger partial charge >= 0.3 is 0 Å². The highest BCUT2D eigenvalue weighted by Crippen LogP contribution is 2.39. The standard InChI is InChI=1S/C23H19BrClF3N6O/c1-23(2)9-17(35)30-21-18(23)20(29)31-22(32-21)34-33-16(11-7-10(25)3-4-13(11)24)8-12-14(26)5-6-15(27)19(12)28/h3-7H,8-9H2,1-2H3,(H4,29,30,31,32,34,35)/b33-16-. The number of hydrogen-bond donors (Lipinski definition) is 3. The summed E-state index contributed by atoms with van der Waals surface area (Å²) in [7, 11) is 0. The molecule has 0 saturated carbocycles. The van der Waals surface area contributed by atoms with Crippen LogP contribution in [0.2, 0.25) is 5.02 Å². The molecule has 0 atom stereocenters. The van der Waals surface area contributed by atoms with E-state index in [-0.39, 0.29) is 35.6 Å². The van der Waals surface area contributed by atoms with Gasteiger partial charge < -0.3 is 11.1 Å². The first-order chi connectivity index (χ1) is 16.5. The third-order valence-electron chi connectivity index (χ3n) is 5.49. The molecule has 0 bridgehead atoms. The maximum atomic E-state index is 14.4. The molecular formula is C23H19BrClF3N6O. The van der Waals surface area contributed by atoms with Crippen LogP contribution in [0.25, 0.3) is 0 Å². The maximum Gasteiger partial charge on any atom is 0.247 e. The van der Waals surface area contributed by atoms with Crippen LogP contribution in [0, 0.1) is 17.5 Å². The van der Waals surface area contributed by atoms with E-state index in [0.29, 0.717) is 26.7 Å². The highest BCUT2D eigenvalue weighted by molar-refractivity contribution is 9.10. The van der Waals surface area contributed by atoms with Crippen molar-refractivity contribution in [3.8, 4) is 0 Å². The topological polar surface area (TPSA) is 105 Å². The van der Waals surface area contributed by atoms with E-state index in [9.17, 15) is 18.0 Å². The SMILES string of the molecule is CC1(C)CC(=O)Nc2nc(N/N=C(/Cc3c(F)ccc(F)c3F)c3cc(Cl)ccc3Br)nc(N)c21. The monoisotopic (exact) mass is 566 g/mol. The molecule has 2 heterocycles. The number of nitrogens with one attached hydrogen (secondary N) is 2. The number of carbonyl (C=O) groups is 1. The largest absolute Gasteiger partial charge is 0.383 e. The predicted octanol–water partition coefficient (Wildman–Crippen LogP) is 5.57. The molecule has 0 unspecified atom stereocenters. The second-order valence-electron chi connectivity index (χ2n) is 8.56. The molecule has 1 aliphatic rings. The smallest absolute Gasteiger partial charge is 0.247 e. The van der Waals surface area contributed by atoms with Gasteiger partial charge in [0.15, 0.2) is 11.6 Å². The average Bonchev–Trinajstić information content (AvgIpc) is 2.76. The lowest BCUT2D eigenvalue weighted by atomic mass is 9.79. The summed E-state index contributed by atoms with van der Waals surface area (Å²) in [5.74, 6) is -3.35. The van der Waals surface area contributed by atoms with Gasteiger partial charge in [-0.3, -0.25) is 4.79 Å². The molecule has 35 heavy (non-hydrogen) atoms. The third kappa shape index (κ3) is 5.10. The van der Waals surface area contributed by atoms with Crippen molar-refractivity contribution in [1.29, 1.82) is 0 Å². The summed E-state index contributed by atoms with van der Waals surface area (Å²) in [6.45, 7) is 3.71. The summed E-state index contributed by atoms with van der Waals surface area (Å²) in [4.78, 5) is 20.6. The summed E-state index contributed by atoms with van der Waals surface area (Å²) >= 11 is 9.50. The van der Waals surface area contributed by atoms with Crippen LogP contribution in [-0.4, -0.2) is 21.6 Å². The van der Waals surface area contributed by atoms with E-state index in [1.54, 1.807) is 12.1 Å². The molecule has 0 spiro atoms. The Balaban J connectivity index is 1.77. The number of nitrogens with zero attached hydrogens (tertiary/aromatic N) is 3. The summed E-state index contributed by atoms with van der Waals surface area (Å²) in [5, 5.41) is 7.26. The lowest BCUT2D eigenvalue weighted by Crippen LogP contribution is -2.34. The molecule has 1 amide bonds. The Morgan fingerprint density at radius 3 is 2.69 bits per heavy atom. The summed E-state index contributed by atoms with van der Waals surface area (Å²) in [6.07, 6.45) is -0.207. The fourth-order valence-electron chi connectivity index (χ4n) is 3.88. The number of nitrogen functional groups attached to an aromatic ring is 1. The van der Waals surface area contributed by atoms with Gasteiger partial charge in [-0.25, -0.2) is 18.6 Å². The molecular weight excluding hydrogens is 549 g/mol. The van der Waals surface area contributed by atoms with Gasteiger partial charge in [0.05, 0.1) is 5.71 Å². The van der Waals surface area contributed by atoms with Crippen LogP contribution in [0.15, 0.2) is 39.9 Å². The number of carbonyl (C=O) groups excluding carboxylic acids is 1. The van der Waals surface area contributed by atoms with Gasteiger partial charge in [0.25, 0.3) is 0 Å². The number of benzene rings is 2. The van der Waals surface area contributed by atoms with Crippen LogP contribution in [-0.2, 0) is 16.6 Å². The molecule has 1 aromatic heterocycles. The zero-order valence-corrected chi connectivity index (χ0v) is 20.9. The molecule has 7 nitrogen and oxygen atoms in total. The molecule has 4 rings (SSSR count). The summed E-state index contributed by atoms with van der Waals surface area (Å²) in [5.41, 5.74) is 8.78. The Morgan fingerprint density at radius 2 is 1.94 bits per heavy atom. The molecule has 1 aliphatic heterocycles. The minimum Gasteiger partial charge on any atom is -0.383 e. The summed E-state index contributed by atoms with van der Waals surface area (Å²) in [6, 6.07) is 6.32. The number of amides is 1. The normalized spacial score (nSPS) is 14.9. The first-order valence-electron chi connectivity index (χ1n) is 10.3. The van der Waals surface area contributed by atoms with Gasteiger partial charge in [-0.05, 0) is 30.3 Å². The predicted molar refractivity (Wildman–Crippen MR) is 132 cm³/mol. The van der Waals surface area contributed by atoms with Gasteiger partial charge in [0, 0.05) is 44.4 Å². The molecule has 0 fully saturated rings. The Kier molecular flexibility index (Phi) is 6.74. The Labute approximate surface area is 212 Å². The number of nitrogens with two attached hydrogens (primary N) is 1. The van der Waals surface area contributed by atoms with Crippen LogP contribution in [0.5, 0.6) is 0 Å². The van der Waals surface area contributed by atoms with Crippen LogP contribution in [0.1, 0.15) is 37.0 Å². The van der Waals surface area contributed by atoms with Gasteiger partial charge in [0.2, 0.25) is 11.9 Å². The fraction of sp³-hybridized carbons (Fsp3) is 0.217. The van der Waals surface area contributed by atoms with Crippen molar-refractivity contribution in [2.45, 2.75) is 32.1 Å². The molecule has 3 aromatic rings. The molecule has 182 valence electrons. The minimum atomic E-state index is -1.32. The van der Waals surface area contributed by atoms with E-state index in [2.05, 4.69) is 41.7 Å². The number of anilines is 3. The highest BCUT2D eigenvalue weighted by atomic mass is 79.9. The number of rotatable bonds is 5. The van der Waals surface area contributed by atoms with Crippen LogP contribution in [0.3, 0.4) is 0 Å². The lowest BCUT2D eigenvalue weighted by Gasteiger charge is -2.31. The van der Waals surface area contributed by atoms with E-state index >= 15 is 0 Å². The van der Waals surface area contributed by atoms with E-state index in [1.165, 1.54) is 6.07 Å². The number of hydrogen-bond acceptors (Lipinski definition) is 6. The van der Waals surface area contributed by atoms with Gasteiger partial charge in [-0.2, -0.15) is 15.1 Å². The Morgan fingerprint density at radius 1 is 1.23 bits per heavy atom. The number of halogens is 5. The first kappa shape index (κ1) is 24.9. The van der Waals surface area contributed by atoms with Crippen LogP contribution < -0.4 is 16.5 Å². The summed E-state index contributed by atoms with van der Waals surface area (Å²) < 4.78 is 43.2. The van der Waals surface area contributed by atoms with Crippen molar-refractivity contribution in [3.05, 3.63) is 74.0 Å². The molecule has 0 radical (unpaired) electrons. The second kappa shape index (κ2) is 9.46. The Bertz CT molecular complexity index is 1380. The minimum absolute atomic E-state index is 0.0601. The molecule has 12 heteroatoms. The van der Waals surface area contributed by atoms with Crippen molar-refractivity contribution in [2.75, 3.05) is 16.5 Å². The molecule has 4 N–H and O–H groups in total. The van der Waals surface area contributed by atoms with Crippen LogP contribution in [0.4, 0.5) is 30.8 Å². The van der Waals surface area contributed by atoms with E-state index in [4.69, 9.17) is 17.3 Å². The van der Waals surface area contributed by atoms with Crippen molar-refractivity contribution >= 4 is 56.7 Å². The molecule has 0 saturated heterocycles. The Hall–Kier alpha value is -3.18. The van der Waals surface area contributed by atoms with Crippen molar-refractivity contribution in [2.24, 2.45) is 5.10 Å². The third-order valence-corrected chi connectivity index (χ3v) is 6.41. The first-order valence-corrected chi connectivity index (χ1v) is 11.5. The average molecular weight is 568 g/mol. The van der Waals surface area contributed by atoms with Gasteiger partial charge in [-0.1, -0.05) is 41.4 Å². The number of aromatic nitrogens is 2. The number of fused-ring (bicyclic) bond motifs is 1. The fourth-order valence-corrected chi connectivity index (χ4v) is 4.53. The zero-order chi connectivity index (χ0) is 25.5. The van der Waals surface area contributed by atoms with Crippen LogP contribution >= 0.6 is 27.5 Å². The van der Waals surface area contributed by atoms with E-state index in [0.717, 1.165) is 6.07 Å². The molecule has 0 aliphatic carbocycles. The van der Waals surface area contributed by atoms with Crippen molar-refractivity contribution in [3.63, 3.8) is 0 Å². The highest BCUT2D eigenvalue weighted by Gasteiger charge is 2.36. The quantitative estimate of drug-likeness (QED) is 0.212. The maximum absolute atomic E-state index is 14.4. The van der Waals surface area contributed by atoms with Crippen molar-refractivity contribution in [1.82, 2.24) is 9.97 Å². The van der Waals surface area contributed by atoms with Gasteiger partial charge in [-0.15, -0.1) is 0 Å². The second-order valence-corrected chi connectivity index (χ2v) is 9.85.